The van der Waals surface area contributed by atoms with Crippen molar-refractivity contribution in [1.82, 2.24) is 9.62 Å². The monoisotopic (exact) mass is 388 g/mol. The molecule has 144 valence electrons. The fourth-order valence-electron chi connectivity index (χ4n) is 3.26. The molecule has 1 aliphatic heterocycles. The molecule has 1 N–H and O–H groups in total. The summed E-state index contributed by atoms with van der Waals surface area (Å²) >= 11 is 0. The van der Waals surface area contributed by atoms with Crippen molar-refractivity contribution in [2.24, 2.45) is 0 Å². The first kappa shape index (κ1) is 19.4. The van der Waals surface area contributed by atoms with Crippen LogP contribution < -0.4 is 10.1 Å². The van der Waals surface area contributed by atoms with Crippen LogP contribution >= 0.6 is 0 Å². The zero-order valence-corrected chi connectivity index (χ0v) is 16.1. The molecule has 0 radical (unpaired) electrons. The highest BCUT2D eigenvalue weighted by Crippen LogP contribution is 2.26. The van der Waals surface area contributed by atoms with Crippen LogP contribution in [0.25, 0.3) is 0 Å². The Balaban J connectivity index is 1.60. The van der Waals surface area contributed by atoms with Crippen LogP contribution in [0, 0.1) is 0 Å². The van der Waals surface area contributed by atoms with E-state index in [2.05, 4.69) is 5.32 Å². The molecule has 0 saturated carbocycles. The minimum absolute atomic E-state index is 0.225. The predicted molar refractivity (Wildman–Crippen MR) is 103 cm³/mol. The van der Waals surface area contributed by atoms with Crippen LogP contribution in [0.4, 0.5) is 0 Å². The number of carbonyl (C=O) groups excluding carboxylic acids is 1. The van der Waals surface area contributed by atoms with Gasteiger partial charge < -0.3 is 10.1 Å². The van der Waals surface area contributed by atoms with Gasteiger partial charge in [0.25, 0.3) is 0 Å². The van der Waals surface area contributed by atoms with E-state index in [4.69, 9.17) is 4.74 Å². The van der Waals surface area contributed by atoms with E-state index in [0.29, 0.717) is 32.4 Å². The van der Waals surface area contributed by atoms with Crippen molar-refractivity contribution >= 4 is 15.9 Å². The molecular weight excluding hydrogens is 364 g/mol. The molecule has 1 unspecified atom stereocenters. The second-order valence-electron chi connectivity index (χ2n) is 6.48. The Hall–Kier alpha value is -2.38. The number of methoxy groups -OCH3 is 1. The van der Waals surface area contributed by atoms with Gasteiger partial charge in [-0.2, -0.15) is 4.31 Å². The van der Waals surface area contributed by atoms with Gasteiger partial charge >= 0.3 is 0 Å². The molecule has 1 amide bonds. The van der Waals surface area contributed by atoms with Crippen LogP contribution in [-0.4, -0.2) is 44.9 Å². The number of nitrogens with one attached hydrogen (secondary N) is 1. The third kappa shape index (κ3) is 4.48. The van der Waals surface area contributed by atoms with Crippen LogP contribution in [-0.2, 0) is 21.2 Å². The predicted octanol–water partition coefficient (Wildman–Crippen LogP) is 2.21. The van der Waals surface area contributed by atoms with Gasteiger partial charge in [-0.3, -0.25) is 4.79 Å². The van der Waals surface area contributed by atoms with Gasteiger partial charge in [0.2, 0.25) is 15.9 Å². The molecule has 7 heteroatoms. The zero-order valence-electron chi connectivity index (χ0n) is 15.3. The summed E-state index contributed by atoms with van der Waals surface area (Å²) in [6.45, 7) is 0.828. The summed E-state index contributed by atoms with van der Waals surface area (Å²) in [6.07, 6.45) is 1.90. The lowest BCUT2D eigenvalue weighted by Crippen LogP contribution is -2.46. The average Bonchev–Trinajstić information content (AvgIpc) is 3.20. The van der Waals surface area contributed by atoms with Gasteiger partial charge in [-0.15, -0.1) is 0 Å². The molecule has 1 atom stereocenters. The summed E-state index contributed by atoms with van der Waals surface area (Å²) in [7, 11) is -2.04. The maximum Gasteiger partial charge on any atom is 0.243 e. The highest BCUT2D eigenvalue weighted by atomic mass is 32.2. The number of hydrogen-bond acceptors (Lipinski definition) is 4. The van der Waals surface area contributed by atoms with E-state index in [1.807, 2.05) is 24.3 Å². The van der Waals surface area contributed by atoms with Gasteiger partial charge in [-0.1, -0.05) is 30.3 Å². The molecule has 0 aliphatic carbocycles. The van der Waals surface area contributed by atoms with E-state index >= 15 is 0 Å². The van der Waals surface area contributed by atoms with Gasteiger partial charge in [-0.05, 0) is 49.1 Å². The van der Waals surface area contributed by atoms with Gasteiger partial charge in [0, 0.05) is 13.1 Å². The number of hydrogen-bond donors (Lipinski definition) is 1. The number of carbonyl (C=O) groups is 1. The molecule has 1 heterocycles. The maximum absolute atomic E-state index is 12.8. The van der Waals surface area contributed by atoms with Crippen molar-refractivity contribution in [1.29, 1.82) is 0 Å². The second-order valence-corrected chi connectivity index (χ2v) is 8.37. The van der Waals surface area contributed by atoms with Crippen LogP contribution in [0.3, 0.4) is 0 Å². The average molecular weight is 388 g/mol. The highest BCUT2D eigenvalue weighted by Gasteiger charge is 2.39. The molecule has 1 saturated heterocycles. The number of sulfonamides is 1. The first-order valence-electron chi connectivity index (χ1n) is 9.00. The van der Waals surface area contributed by atoms with E-state index in [-0.39, 0.29) is 10.8 Å². The highest BCUT2D eigenvalue weighted by molar-refractivity contribution is 7.89. The number of ether oxygens (including phenoxy) is 1. The topological polar surface area (TPSA) is 75.7 Å². The first-order valence-corrected chi connectivity index (χ1v) is 10.4. The lowest BCUT2D eigenvalue weighted by atomic mass is 10.1. The van der Waals surface area contributed by atoms with Crippen molar-refractivity contribution in [3.63, 3.8) is 0 Å². The Morgan fingerprint density at radius 1 is 1.15 bits per heavy atom. The molecule has 6 nitrogen and oxygen atoms in total. The van der Waals surface area contributed by atoms with E-state index in [1.165, 1.54) is 4.31 Å². The first-order chi connectivity index (χ1) is 13.0. The van der Waals surface area contributed by atoms with E-state index < -0.39 is 16.1 Å². The van der Waals surface area contributed by atoms with Crippen LogP contribution in [0.15, 0.2) is 59.5 Å². The van der Waals surface area contributed by atoms with Gasteiger partial charge in [0.1, 0.15) is 11.8 Å². The molecule has 2 aromatic carbocycles. The lowest BCUT2D eigenvalue weighted by molar-refractivity contribution is -0.124. The summed E-state index contributed by atoms with van der Waals surface area (Å²) in [4.78, 5) is 12.8. The Kier molecular flexibility index (Phi) is 6.13. The van der Waals surface area contributed by atoms with Crippen LogP contribution in [0.5, 0.6) is 5.75 Å². The van der Waals surface area contributed by atoms with E-state index in [1.54, 1.807) is 37.4 Å². The molecule has 1 fully saturated rings. The molecule has 27 heavy (non-hydrogen) atoms. The zero-order chi connectivity index (χ0) is 19.3. The summed E-state index contributed by atoms with van der Waals surface area (Å²) in [5.74, 6) is 0.552. The quantitative estimate of drug-likeness (QED) is 0.789. The molecular formula is C20H24N2O4S. The van der Waals surface area contributed by atoms with Gasteiger partial charge in [0.05, 0.1) is 12.0 Å². The molecule has 1 aliphatic rings. The SMILES string of the molecule is COc1ccc(CCNC(=O)C2CCCN2S(=O)(=O)c2ccccc2)cc1. The Bertz CT molecular complexity index is 867. The van der Waals surface area contributed by atoms with Crippen molar-refractivity contribution in [2.75, 3.05) is 20.2 Å². The van der Waals surface area contributed by atoms with E-state index in [0.717, 1.165) is 11.3 Å². The minimum Gasteiger partial charge on any atom is -0.497 e. The summed E-state index contributed by atoms with van der Waals surface area (Å²) < 4.78 is 32.1. The number of benzene rings is 2. The largest absolute Gasteiger partial charge is 0.497 e. The van der Waals surface area contributed by atoms with Crippen molar-refractivity contribution in [2.45, 2.75) is 30.2 Å². The Labute approximate surface area is 160 Å². The Morgan fingerprint density at radius 2 is 1.85 bits per heavy atom. The minimum atomic E-state index is -3.66. The summed E-state index contributed by atoms with van der Waals surface area (Å²) in [6, 6.07) is 15.3. The molecule has 0 spiro atoms. The lowest BCUT2D eigenvalue weighted by Gasteiger charge is -2.23. The fourth-order valence-corrected chi connectivity index (χ4v) is 4.94. The summed E-state index contributed by atoms with van der Waals surface area (Å²) in [5, 5.41) is 2.88. The summed E-state index contributed by atoms with van der Waals surface area (Å²) in [5.41, 5.74) is 1.08. The van der Waals surface area contributed by atoms with Crippen LogP contribution in [0.1, 0.15) is 18.4 Å². The fraction of sp³-hybridized carbons (Fsp3) is 0.350. The normalized spacial score (nSPS) is 17.6. The van der Waals surface area contributed by atoms with Crippen molar-refractivity contribution in [3.05, 3.63) is 60.2 Å². The number of nitrogens with zero attached hydrogens (tertiary/aromatic N) is 1. The smallest absolute Gasteiger partial charge is 0.243 e. The standard InChI is InChI=1S/C20H24N2O4S/c1-26-17-11-9-16(10-12-17)13-14-21-20(23)19-8-5-15-22(19)27(24,25)18-6-3-2-4-7-18/h2-4,6-7,9-12,19H,5,8,13-15H2,1H3,(H,21,23). The molecule has 2 aromatic rings. The number of amides is 1. The Morgan fingerprint density at radius 3 is 2.52 bits per heavy atom. The third-order valence-electron chi connectivity index (χ3n) is 4.73. The van der Waals surface area contributed by atoms with E-state index in [9.17, 15) is 13.2 Å². The molecule has 0 aromatic heterocycles. The van der Waals surface area contributed by atoms with Crippen molar-refractivity contribution in [3.8, 4) is 5.75 Å². The molecule has 3 rings (SSSR count). The van der Waals surface area contributed by atoms with Gasteiger partial charge in [0.15, 0.2) is 0 Å². The van der Waals surface area contributed by atoms with Crippen molar-refractivity contribution < 1.29 is 17.9 Å². The second kappa shape index (κ2) is 8.54. The van der Waals surface area contributed by atoms with Crippen LogP contribution in [0.2, 0.25) is 0 Å². The number of rotatable bonds is 7. The maximum atomic E-state index is 12.8. The van der Waals surface area contributed by atoms with Gasteiger partial charge in [-0.25, -0.2) is 8.42 Å². The molecule has 0 bridgehead atoms. The third-order valence-corrected chi connectivity index (χ3v) is 6.65.